The monoisotopic (exact) mass is 397 g/mol. The summed E-state index contributed by atoms with van der Waals surface area (Å²) in [4.78, 5) is 13.8. The Morgan fingerprint density at radius 3 is 2.61 bits per heavy atom. The first-order valence-corrected chi connectivity index (χ1v) is 10.0. The van der Waals surface area contributed by atoms with Crippen molar-refractivity contribution in [3.63, 3.8) is 0 Å². The molecule has 0 spiro atoms. The zero-order chi connectivity index (χ0) is 20.1. The lowest BCUT2D eigenvalue weighted by atomic mass is 10.1. The molecule has 6 heteroatoms. The van der Waals surface area contributed by atoms with Crippen LogP contribution < -0.4 is 20.3 Å². The van der Waals surface area contributed by atoms with Gasteiger partial charge < -0.3 is 20.3 Å². The molecule has 0 aliphatic carbocycles. The fourth-order valence-corrected chi connectivity index (χ4v) is 3.55. The Morgan fingerprint density at radius 1 is 1.21 bits per heavy atom. The van der Waals surface area contributed by atoms with Gasteiger partial charge in [0.05, 0.1) is 6.04 Å². The molecule has 2 aromatic rings. The van der Waals surface area contributed by atoms with Crippen molar-refractivity contribution in [2.24, 2.45) is 0 Å². The first kappa shape index (κ1) is 20.1. The molecule has 1 atom stereocenters. The van der Waals surface area contributed by atoms with Crippen molar-refractivity contribution in [1.82, 2.24) is 5.32 Å². The molecular weight excluding hydrogens is 370 g/mol. The molecule has 2 aromatic carbocycles. The second kappa shape index (κ2) is 9.06. The Hall–Kier alpha value is -2.60. The lowest BCUT2D eigenvalue weighted by Gasteiger charge is -2.20. The largest absolute Gasteiger partial charge is 0.491 e. The Bertz CT molecular complexity index is 851. The van der Waals surface area contributed by atoms with Crippen molar-refractivity contribution in [3.05, 3.63) is 53.6 Å². The number of hydrogen-bond acceptors (Lipinski definition) is 3. The first-order chi connectivity index (χ1) is 13.4. The average Bonchev–Trinajstić information content (AvgIpc) is 3.07. The van der Waals surface area contributed by atoms with Gasteiger partial charge in [0.2, 0.25) is 5.91 Å². The fourth-order valence-electron chi connectivity index (χ4n) is 3.23. The highest BCUT2D eigenvalue weighted by Crippen LogP contribution is 2.27. The zero-order valence-electron chi connectivity index (χ0n) is 16.6. The second-order valence-corrected chi connectivity index (χ2v) is 7.68. The molecule has 1 heterocycles. The number of amides is 1. The lowest BCUT2D eigenvalue weighted by Crippen LogP contribution is -2.39. The van der Waals surface area contributed by atoms with E-state index in [0.717, 1.165) is 35.7 Å². The van der Waals surface area contributed by atoms with Crippen molar-refractivity contribution in [3.8, 4) is 5.75 Å². The molecule has 0 aromatic heterocycles. The van der Waals surface area contributed by atoms with E-state index in [1.165, 1.54) is 5.56 Å². The van der Waals surface area contributed by atoms with Gasteiger partial charge in [-0.1, -0.05) is 17.7 Å². The molecular formula is C22H27N3O2S. The topological polar surface area (TPSA) is 53.6 Å². The summed E-state index contributed by atoms with van der Waals surface area (Å²) in [6.07, 6.45) is 1.56. The third kappa shape index (κ3) is 5.23. The maximum Gasteiger partial charge on any atom is 0.227 e. The SMILES string of the molecule is Cc1ccc(OCC(C)NC(=S)Nc2ccc(N3CCCC3=O)c(C)c2)cc1. The van der Waals surface area contributed by atoms with Gasteiger partial charge in [-0.2, -0.15) is 0 Å². The highest BCUT2D eigenvalue weighted by molar-refractivity contribution is 7.80. The number of thiocarbonyl (C=S) groups is 1. The van der Waals surface area contributed by atoms with Crippen molar-refractivity contribution in [2.75, 3.05) is 23.4 Å². The smallest absolute Gasteiger partial charge is 0.227 e. The molecule has 1 amide bonds. The zero-order valence-corrected chi connectivity index (χ0v) is 17.4. The maximum absolute atomic E-state index is 12.0. The van der Waals surface area contributed by atoms with E-state index in [-0.39, 0.29) is 11.9 Å². The Morgan fingerprint density at radius 2 is 1.96 bits per heavy atom. The van der Waals surface area contributed by atoms with E-state index in [2.05, 4.69) is 17.6 Å². The Kier molecular flexibility index (Phi) is 6.52. The summed E-state index contributed by atoms with van der Waals surface area (Å²) < 4.78 is 5.79. The predicted octanol–water partition coefficient (Wildman–Crippen LogP) is 4.18. The summed E-state index contributed by atoms with van der Waals surface area (Å²) in [5.41, 5.74) is 4.14. The highest BCUT2D eigenvalue weighted by Gasteiger charge is 2.22. The molecule has 1 saturated heterocycles. The van der Waals surface area contributed by atoms with Crippen LogP contribution in [0.1, 0.15) is 30.9 Å². The summed E-state index contributed by atoms with van der Waals surface area (Å²) >= 11 is 5.42. The van der Waals surface area contributed by atoms with Gasteiger partial charge in [-0.05, 0) is 75.3 Å². The molecule has 1 unspecified atom stereocenters. The van der Waals surface area contributed by atoms with Crippen LogP contribution in [0.4, 0.5) is 11.4 Å². The molecule has 0 radical (unpaired) electrons. The second-order valence-electron chi connectivity index (χ2n) is 7.27. The predicted molar refractivity (Wildman–Crippen MR) is 118 cm³/mol. The van der Waals surface area contributed by atoms with Crippen molar-refractivity contribution >= 4 is 34.6 Å². The molecule has 2 N–H and O–H groups in total. The first-order valence-electron chi connectivity index (χ1n) is 9.60. The number of ether oxygens (including phenoxy) is 1. The van der Waals surface area contributed by atoms with Gasteiger partial charge in [-0.25, -0.2) is 0 Å². The number of benzene rings is 2. The minimum absolute atomic E-state index is 0.0592. The van der Waals surface area contributed by atoms with Crippen LogP contribution >= 0.6 is 12.2 Å². The minimum atomic E-state index is 0.0592. The molecule has 148 valence electrons. The number of anilines is 2. The normalized spacial score (nSPS) is 14.7. The Balaban J connectivity index is 1.50. The summed E-state index contributed by atoms with van der Waals surface area (Å²) in [5.74, 6) is 1.05. The number of carbonyl (C=O) groups excluding carboxylic acids is 1. The van der Waals surface area contributed by atoms with Crippen LogP contribution in [0.3, 0.4) is 0 Å². The van der Waals surface area contributed by atoms with Crippen LogP contribution in [-0.4, -0.2) is 30.2 Å². The standard InChI is InChI=1S/C22H27N3O2S/c1-15-6-9-19(10-7-15)27-14-17(3)23-22(28)24-18-8-11-20(16(2)13-18)25-12-4-5-21(25)26/h6-11,13,17H,4-5,12,14H2,1-3H3,(H2,23,24,28). The van der Waals surface area contributed by atoms with Gasteiger partial charge in [0.1, 0.15) is 12.4 Å². The minimum Gasteiger partial charge on any atom is -0.491 e. The summed E-state index contributed by atoms with van der Waals surface area (Å²) in [6, 6.07) is 14.0. The molecule has 5 nitrogen and oxygen atoms in total. The van der Waals surface area contributed by atoms with Crippen molar-refractivity contribution in [1.29, 1.82) is 0 Å². The van der Waals surface area contributed by atoms with Crippen LogP contribution in [0.5, 0.6) is 5.75 Å². The number of carbonyl (C=O) groups is 1. The van der Waals surface area contributed by atoms with E-state index in [4.69, 9.17) is 17.0 Å². The third-order valence-electron chi connectivity index (χ3n) is 4.72. The van der Waals surface area contributed by atoms with E-state index in [9.17, 15) is 4.79 Å². The van der Waals surface area contributed by atoms with Gasteiger partial charge >= 0.3 is 0 Å². The molecule has 1 aliphatic rings. The van der Waals surface area contributed by atoms with Crippen LogP contribution in [0.2, 0.25) is 0 Å². The third-order valence-corrected chi connectivity index (χ3v) is 4.94. The van der Waals surface area contributed by atoms with Gasteiger partial charge in [-0.3, -0.25) is 4.79 Å². The number of rotatable bonds is 6. The lowest BCUT2D eigenvalue weighted by molar-refractivity contribution is -0.117. The van der Waals surface area contributed by atoms with E-state index in [1.807, 2.05) is 61.2 Å². The summed E-state index contributed by atoms with van der Waals surface area (Å²) in [5, 5.41) is 6.99. The number of hydrogen-bond donors (Lipinski definition) is 2. The molecule has 3 rings (SSSR count). The number of aryl methyl sites for hydroxylation is 2. The van der Waals surface area contributed by atoms with Crippen LogP contribution in [0, 0.1) is 13.8 Å². The molecule has 1 aliphatic heterocycles. The van der Waals surface area contributed by atoms with Crippen LogP contribution in [0.25, 0.3) is 0 Å². The fraction of sp³-hybridized carbons (Fsp3) is 0.364. The van der Waals surface area contributed by atoms with Crippen molar-refractivity contribution < 1.29 is 9.53 Å². The quantitative estimate of drug-likeness (QED) is 0.716. The van der Waals surface area contributed by atoms with E-state index in [1.54, 1.807) is 0 Å². The molecule has 0 saturated carbocycles. The number of nitrogens with zero attached hydrogens (tertiary/aromatic N) is 1. The summed E-state index contributed by atoms with van der Waals surface area (Å²) in [6.45, 7) is 7.40. The highest BCUT2D eigenvalue weighted by atomic mass is 32.1. The van der Waals surface area contributed by atoms with Crippen molar-refractivity contribution in [2.45, 2.75) is 39.7 Å². The molecule has 28 heavy (non-hydrogen) atoms. The van der Waals surface area contributed by atoms with Gasteiger partial charge in [0, 0.05) is 24.3 Å². The van der Waals surface area contributed by atoms with Gasteiger partial charge in [-0.15, -0.1) is 0 Å². The maximum atomic E-state index is 12.0. The molecule has 1 fully saturated rings. The summed E-state index contributed by atoms with van der Waals surface area (Å²) in [7, 11) is 0. The van der Waals surface area contributed by atoms with Crippen LogP contribution in [0.15, 0.2) is 42.5 Å². The van der Waals surface area contributed by atoms with Crippen LogP contribution in [-0.2, 0) is 4.79 Å². The van der Waals surface area contributed by atoms with Gasteiger partial charge in [0.25, 0.3) is 0 Å². The Labute approximate surface area is 172 Å². The van der Waals surface area contributed by atoms with E-state index >= 15 is 0 Å². The number of nitrogens with one attached hydrogen (secondary N) is 2. The molecule has 0 bridgehead atoms. The van der Waals surface area contributed by atoms with E-state index < -0.39 is 0 Å². The average molecular weight is 398 g/mol. The van der Waals surface area contributed by atoms with Gasteiger partial charge in [0.15, 0.2) is 5.11 Å². The van der Waals surface area contributed by atoms with E-state index in [0.29, 0.717) is 18.1 Å².